The zero-order chi connectivity index (χ0) is 15.0. The van der Waals surface area contributed by atoms with E-state index in [0.29, 0.717) is 17.3 Å². The van der Waals surface area contributed by atoms with Crippen molar-refractivity contribution in [3.8, 4) is 5.75 Å². The maximum absolute atomic E-state index is 11.6. The molecule has 0 bridgehead atoms. The monoisotopic (exact) mass is 298 g/mol. The lowest BCUT2D eigenvalue weighted by Crippen LogP contribution is -2.46. The fraction of sp³-hybridized carbons (Fsp3) is 0.429. The van der Waals surface area contributed by atoms with E-state index in [-0.39, 0.29) is 18.4 Å². The molecule has 0 aliphatic carbocycles. The van der Waals surface area contributed by atoms with Gasteiger partial charge >= 0.3 is 0 Å². The molecule has 1 rings (SSSR count). The van der Waals surface area contributed by atoms with Gasteiger partial charge in [0.15, 0.2) is 6.61 Å². The van der Waals surface area contributed by atoms with Crippen LogP contribution in [0.1, 0.15) is 20.3 Å². The first kappa shape index (κ1) is 16.3. The van der Waals surface area contributed by atoms with Crippen molar-refractivity contribution in [2.45, 2.75) is 26.3 Å². The van der Waals surface area contributed by atoms with Crippen molar-refractivity contribution >= 4 is 23.4 Å². The number of hydrogen-bond acceptors (Lipinski definition) is 3. The van der Waals surface area contributed by atoms with Gasteiger partial charge < -0.3 is 15.4 Å². The van der Waals surface area contributed by atoms with Gasteiger partial charge in [-0.25, -0.2) is 0 Å². The Morgan fingerprint density at radius 2 is 1.95 bits per heavy atom. The van der Waals surface area contributed by atoms with E-state index in [4.69, 9.17) is 16.3 Å². The molecular formula is C14H19ClN2O3. The molecule has 110 valence electrons. The van der Waals surface area contributed by atoms with E-state index in [1.165, 1.54) is 0 Å². The van der Waals surface area contributed by atoms with Crippen molar-refractivity contribution in [3.63, 3.8) is 0 Å². The van der Waals surface area contributed by atoms with Gasteiger partial charge in [0.25, 0.3) is 5.91 Å². The molecule has 0 saturated heterocycles. The van der Waals surface area contributed by atoms with E-state index in [2.05, 4.69) is 10.6 Å². The number of carbonyl (C=O) groups excluding carboxylic acids is 2. The van der Waals surface area contributed by atoms with Crippen LogP contribution in [-0.2, 0) is 9.59 Å². The van der Waals surface area contributed by atoms with E-state index in [1.807, 2.05) is 6.92 Å². The first-order valence-electron chi connectivity index (χ1n) is 6.48. The van der Waals surface area contributed by atoms with Gasteiger partial charge in [-0.15, -0.1) is 0 Å². The third kappa shape index (κ3) is 5.93. The summed E-state index contributed by atoms with van der Waals surface area (Å²) in [6, 6.07) is 6.12. The summed E-state index contributed by atoms with van der Waals surface area (Å²) >= 11 is 5.74. The Balaban J connectivity index is 2.32. The fourth-order valence-corrected chi connectivity index (χ4v) is 1.56. The molecule has 1 unspecified atom stereocenters. The normalized spacial score (nSPS) is 11.6. The van der Waals surface area contributed by atoms with Gasteiger partial charge in [-0.1, -0.05) is 18.5 Å². The smallest absolute Gasteiger partial charge is 0.258 e. The lowest BCUT2D eigenvalue weighted by Gasteiger charge is -2.14. The summed E-state index contributed by atoms with van der Waals surface area (Å²) in [6.07, 6.45) is 0.853. The minimum atomic E-state index is -0.581. The van der Waals surface area contributed by atoms with Crippen LogP contribution in [0.2, 0.25) is 5.02 Å². The van der Waals surface area contributed by atoms with Gasteiger partial charge in [0, 0.05) is 11.6 Å². The van der Waals surface area contributed by atoms with Gasteiger partial charge in [-0.05, 0) is 37.6 Å². The van der Waals surface area contributed by atoms with E-state index in [9.17, 15) is 9.59 Å². The summed E-state index contributed by atoms with van der Waals surface area (Å²) in [7, 11) is 0. The van der Waals surface area contributed by atoms with Gasteiger partial charge in [0.1, 0.15) is 11.8 Å². The Kier molecular flexibility index (Phi) is 6.87. The highest BCUT2D eigenvalue weighted by atomic mass is 35.5. The predicted molar refractivity (Wildman–Crippen MR) is 77.9 cm³/mol. The molecule has 6 heteroatoms. The van der Waals surface area contributed by atoms with Crippen LogP contribution in [0, 0.1) is 0 Å². The van der Waals surface area contributed by atoms with Crippen LogP contribution in [0.15, 0.2) is 24.3 Å². The summed E-state index contributed by atoms with van der Waals surface area (Å²) < 4.78 is 5.28. The average Bonchev–Trinajstić information content (AvgIpc) is 2.44. The molecule has 1 aromatic rings. The predicted octanol–water partition coefficient (Wildman–Crippen LogP) is 1.75. The molecule has 1 atom stereocenters. The van der Waals surface area contributed by atoms with Crippen LogP contribution in [0.25, 0.3) is 0 Å². The molecule has 0 aliphatic rings. The van der Waals surface area contributed by atoms with Gasteiger partial charge in [0.05, 0.1) is 0 Å². The Bertz CT molecular complexity index is 448. The van der Waals surface area contributed by atoms with Crippen LogP contribution in [0.3, 0.4) is 0 Å². The van der Waals surface area contributed by atoms with Crippen molar-refractivity contribution in [1.29, 1.82) is 0 Å². The number of benzene rings is 1. The lowest BCUT2D eigenvalue weighted by molar-refractivity contribution is -0.129. The average molecular weight is 299 g/mol. The van der Waals surface area contributed by atoms with E-state index < -0.39 is 6.04 Å². The van der Waals surface area contributed by atoms with Crippen LogP contribution in [-0.4, -0.2) is 31.0 Å². The van der Waals surface area contributed by atoms with Crippen molar-refractivity contribution < 1.29 is 14.3 Å². The first-order chi connectivity index (χ1) is 9.52. The highest BCUT2D eigenvalue weighted by Gasteiger charge is 2.14. The number of carbonyl (C=O) groups is 2. The highest BCUT2D eigenvalue weighted by molar-refractivity contribution is 6.30. The maximum atomic E-state index is 11.6. The largest absolute Gasteiger partial charge is 0.484 e. The number of amides is 2. The van der Waals surface area contributed by atoms with E-state index in [1.54, 1.807) is 31.2 Å². The molecule has 0 saturated carbocycles. The van der Waals surface area contributed by atoms with Crippen LogP contribution >= 0.6 is 11.6 Å². The molecular weight excluding hydrogens is 280 g/mol. The molecule has 2 amide bonds. The second-order valence-corrected chi connectivity index (χ2v) is 4.76. The molecule has 0 radical (unpaired) electrons. The molecule has 0 heterocycles. The van der Waals surface area contributed by atoms with Gasteiger partial charge in [-0.3, -0.25) is 9.59 Å². The van der Waals surface area contributed by atoms with Crippen molar-refractivity contribution in [3.05, 3.63) is 29.3 Å². The Labute approximate surface area is 123 Å². The Morgan fingerprint density at radius 1 is 1.30 bits per heavy atom. The number of rotatable bonds is 7. The van der Waals surface area contributed by atoms with Gasteiger partial charge in [-0.2, -0.15) is 0 Å². The minimum Gasteiger partial charge on any atom is -0.484 e. The fourth-order valence-electron chi connectivity index (χ4n) is 1.43. The quantitative estimate of drug-likeness (QED) is 0.806. The zero-order valence-corrected chi connectivity index (χ0v) is 12.4. The number of nitrogens with one attached hydrogen (secondary N) is 2. The lowest BCUT2D eigenvalue weighted by atomic mass is 10.3. The summed E-state index contributed by atoms with van der Waals surface area (Å²) in [5.74, 6) is -0.00145. The molecule has 0 fully saturated rings. The highest BCUT2D eigenvalue weighted by Crippen LogP contribution is 2.15. The summed E-state index contributed by atoms with van der Waals surface area (Å²) in [5, 5.41) is 5.88. The molecule has 5 nitrogen and oxygen atoms in total. The summed E-state index contributed by atoms with van der Waals surface area (Å²) in [4.78, 5) is 23.2. The number of ether oxygens (including phenoxy) is 1. The molecule has 0 spiro atoms. The summed E-state index contributed by atoms with van der Waals surface area (Å²) in [6.45, 7) is 4.04. The topological polar surface area (TPSA) is 67.4 Å². The minimum absolute atomic E-state index is 0.146. The third-order valence-electron chi connectivity index (χ3n) is 2.50. The molecule has 0 aliphatic heterocycles. The second kappa shape index (κ2) is 8.43. The Morgan fingerprint density at radius 3 is 2.55 bits per heavy atom. The van der Waals surface area contributed by atoms with Crippen molar-refractivity contribution in [2.75, 3.05) is 13.2 Å². The molecule has 1 aromatic carbocycles. The van der Waals surface area contributed by atoms with Crippen molar-refractivity contribution in [2.24, 2.45) is 0 Å². The molecule has 0 aromatic heterocycles. The number of halogens is 1. The number of hydrogen-bond donors (Lipinski definition) is 2. The standard InChI is InChI=1S/C14H19ClN2O3/c1-3-8-16-14(19)10(2)17-13(18)9-20-12-6-4-11(15)5-7-12/h4-7,10H,3,8-9H2,1-2H3,(H,16,19)(H,17,18). The van der Waals surface area contributed by atoms with Crippen LogP contribution < -0.4 is 15.4 Å². The van der Waals surface area contributed by atoms with Crippen LogP contribution in [0.4, 0.5) is 0 Å². The van der Waals surface area contributed by atoms with Gasteiger partial charge in [0.2, 0.25) is 5.91 Å². The first-order valence-corrected chi connectivity index (χ1v) is 6.86. The molecule has 2 N–H and O–H groups in total. The third-order valence-corrected chi connectivity index (χ3v) is 2.76. The maximum Gasteiger partial charge on any atom is 0.258 e. The Hall–Kier alpha value is -1.75. The van der Waals surface area contributed by atoms with Crippen molar-refractivity contribution in [1.82, 2.24) is 10.6 Å². The SMILES string of the molecule is CCCNC(=O)C(C)NC(=O)COc1ccc(Cl)cc1. The second-order valence-electron chi connectivity index (χ2n) is 4.32. The molecule has 20 heavy (non-hydrogen) atoms. The van der Waals surface area contributed by atoms with Crippen LogP contribution in [0.5, 0.6) is 5.75 Å². The summed E-state index contributed by atoms with van der Waals surface area (Å²) in [5.41, 5.74) is 0. The zero-order valence-electron chi connectivity index (χ0n) is 11.6. The van der Waals surface area contributed by atoms with E-state index in [0.717, 1.165) is 6.42 Å². The van der Waals surface area contributed by atoms with E-state index >= 15 is 0 Å².